The van der Waals surface area contributed by atoms with Gasteiger partial charge in [0, 0.05) is 17.1 Å². The second-order valence-corrected chi connectivity index (χ2v) is 7.16. The van der Waals surface area contributed by atoms with Crippen molar-refractivity contribution in [2.24, 2.45) is 11.8 Å². The van der Waals surface area contributed by atoms with Crippen molar-refractivity contribution < 1.29 is 28.6 Å². The van der Waals surface area contributed by atoms with E-state index in [4.69, 9.17) is 14.2 Å². The summed E-state index contributed by atoms with van der Waals surface area (Å²) in [4.78, 5) is 36.8. The Kier molecular flexibility index (Phi) is 3.68. The summed E-state index contributed by atoms with van der Waals surface area (Å²) >= 11 is 0. The average Bonchev–Trinajstić information content (AvgIpc) is 3.07. The molecule has 0 bridgehead atoms. The Hall–Kier alpha value is -2.63. The van der Waals surface area contributed by atoms with E-state index in [1.54, 1.807) is 19.9 Å². The number of hydrogen-bond donors (Lipinski definition) is 0. The first-order chi connectivity index (χ1) is 12.3. The van der Waals surface area contributed by atoms with Crippen molar-refractivity contribution in [3.05, 3.63) is 46.6 Å². The normalized spacial score (nSPS) is 35.5. The molecule has 0 unspecified atom stereocenters. The quantitative estimate of drug-likeness (QED) is 0.327. The van der Waals surface area contributed by atoms with Crippen molar-refractivity contribution in [1.82, 2.24) is 0 Å². The second-order valence-electron chi connectivity index (χ2n) is 7.16. The summed E-state index contributed by atoms with van der Waals surface area (Å²) in [6, 6.07) is 0. The highest BCUT2D eigenvalue weighted by Crippen LogP contribution is 2.52. The summed E-state index contributed by atoms with van der Waals surface area (Å²) in [7, 11) is 0. The molecule has 0 spiro atoms. The fourth-order valence-electron chi connectivity index (χ4n) is 4.30. The van der Waals surface area contributed by atoms with Gasteiger partial charge in [-0.25, -0.2) is 14.4 Å². The van der Waals surface area contributed by atoms with Crippen molar-refractivity contribution in [3.8, 4) is 0 Å². The van der Waals surface area contributed by atoms with Crippen LogP contribution in [0.25, 0.3) is 0 Å². The predicted octanol–water partition coefficient (Wildman–Crippen LogP) is 2.16. The Labute approximate surface area is 151 Å². The van der Waals surface area contributed by atoms with Crippen LogP contribution in [0.4, 0.5) is 0 Å². The molecule has 6 heteroatoms. The highest BCUT2D eigenvalue weighted by Gasteiger charge is 2.61. The molecule has 4 aliphatic rings. The monoisotopic (exact) mass is 356 g/mol. The molecule has 2 saturated heterocycles. The fraction of sp³-hybridized carbons (Fsp3) is 0.450. The van der Waals surface area contributed by atoms with E-state index >= 15 is 0 Å². The third kappa shape index (κ3) is 2.14. The van der Waals surface area contributed by atoms with Crippen molar-refractivity contribution in [3.63, 3.8) is 0 Å². The maximum absolute atomic E-state index is 12.4. The molecule has 2 aliphatic heterocycles. The van der Waals surface area contributed by atoms with E-state index in [0.717, 1.165) is 11.1 Å². The van der Waals surface area contributed by atoms with Gasteiger partial charge in [-0.05, 0) is 32.8 Å². The van der Waals surface area contributed by atoms with Crippen LogP contribution in [0.15, 0.2) is 46.6 Å². The Morgan fingerprint density at radius 3 is 2.69 bits per heavy atom. The van der Waals surface area contributed by atoms with Crippen LogP contribution in [0.2, 0.25) is 0 Å². The molecule has 0 amide bonds. The Balaban J connectivity index is 1.81. The summed E-state index contributed by atoms with van der Waals surface area (Å²) in [5.41, 5.74) is 3.20. The molecule has 2 aliphatic carbocycles. The second kappa shape index (κ2) is 5.69. The third-order valence-corrected chi connectivity index (χ3v) is 5.83. The number of carbonyl (C=O) groups is 3. The highest BCUT2D eigenvalue weighted by atomic mass is 16.6. The van der Waals surface area contributed by atoms with Crippen molar-refractivity contribution in [1.29, 1.82) is 0 Å². The lowest BCUT2D eigenvalue weighted by atomic mass is 9.82. The van der Waals surface area contributed by atoms with Gasteiger partial charge in [-0.3, -0.25) is 0 Å². The lowest BCUT2D eigenvalue weighted by Gasteiger charge is -2.37. The highest BCUT2D eigenvalue weighted by molar-refractivity contribution is 5.98. The molecule has 0 aromatic rings. The minimum atomic E-state index is -0.819. The topological polar surface area (TPSA) is 78.9 Å². The van der Waals surface area contributed by atoms with Gasteiger partial charge >= 0.3 is 17.9 Å². The van der Waals surface area contributed by atoms with E-state index in [9.17, 15) is 14.4 Å². The molecular formula is C20H20O6. The first-order valence-electron chi connectivity index (χ1n) is 8.69. The van der Waals surface area contributed by atoms with Gasteiger partial charge in [0.15, 0.2) is 12.2 Å². The summed E-state index contributed by atoms with van der Waals surface area (Å²) in [6.07, 6.45) is 2.25. The lowest BCUT2D eigenvalue weighted by molar-refractivity contribution is -0.178. The molecular weight excluding hydrogens is 336 g/mol. The van der Waals surface area contributed by atoms with Crippen LogP contribution in [-0.2, 0) is 28.6 Å². The predicted molar refractivity (Wildman–Crippen MR) is 90.6 cm³/mol. The van der Waals surface area contributed by atoms with Crippen LogP contribution in [0, 0.1) is 11.8 Å². The number of carbonyl (C=O) groups excluding carboxylic acids is 3. The fourth-order valence-corrected chi connectivity index (χ4v) is 4.30. The molecule has 0 aromatic heterocycles. The van der Waals surface area contributed by atoms with E-state index < -0.39 is 36.2 Å². The van der Waals surface area contributed by atoms with Gasteiger partial charge < -0.3 is 14.2 Å². The summed E-state index contributed by atoms with van der Waals surface area (Å²) in [5, 5.41) is 0. The lowest BCUT2D eigenvalue weighted by Crippen LogP contribution is -2.51. The summed E-state index contributed by atoms with van der Waals surface area (Å²) < 4.78 is 16.7. The molecule has 0 aromatic carbocycles. The number of allylic oxidation sites excluding steroid dienone is 2. The Bertz CT molecular complexity index is 842. The molecule has 2 heterocycles. The van der Waals surface area contributed by atoms with Crippen molar-refractivity contribution >= 4 is 17.9 Å². The molecule has 136 valence electrons. The largest absolute Gasteiger partial charge is 0.457 e. The van der Waals surface area contributed by atoms with Gasteiger partial charge in [-0.15, -0.1) is 0 Å². The Morgan fingerprint density at radius 2 is 2.04 bits per heavy atom. The summed E-state index contributed by atoms with van der Waals surface area (Å²) in [5.74, 6) is -2.13. The molecule has 6 nitrogen and oxygen atoms in total. The Morgan fingerprint density at radius 1 is 1.31 bits per heavy atom. The third-order valence-electron chi connectivity index (χ3n) is 5.83. The molecule has 5 atom stereocenters. The molecule has 0 saturated carbocycles. The summed E-state index contributed by atoms with van der Waals surface area (Å²) in [6.45, 7) is 9.21. The van der Waals surface area contributed by atoms with Gasteiger partial charge in [-0.1, -0.05) is 24.3 Å². The van der Waals surface area contributed by atoms with Crippen molar-refractivity contribution in [2.45, 2.75) is 45.5 Å². The van der Waals surface area contributed by atoms with Crippen LogP contribution >= 0.6 is 0 Å². The molecule has 2 fully saturated rings. The molecule has 26 heavy (non-hydrogen) atoms. The van der Waals surface area contributed by atoms with Crippen LogP contribution in [0.5, 0.6) is 0 Å². The average molecular weight is 356 g/mol. The minimum Gasteiger partial charge on any atom is -0.457 e. The number of ether oxygens (including phenoxy) is 3. The van der Waals surface area contributed by atoms with Crippen LogP contribution in [0.1, 0.15) is 27.2 Å². The maximum atomic E-state index is 12.4. The zero-order valence-electron chi connectivity index (χ0n) is 14.9. The van der Waals surface area contributed by atoms with Crippen LogP contribution < -0.4 is 0 Å². The van der Waals surface area contributed by atoms with E-state index in [0.29, 0.717) is 17.6 Å². The van der Waals surface area contributed by atoms with Crippen LogP contribution in [0.3, 0.4) is 0 Å². The van der Waals surface area contributed by atoms with E-state index in [1.807, 2.05) is 13.0 Å². The van der Waals surface area contributed by atoms with E-state index in [-0.39, 0.29) is 17.5 Å². The number of rotatable bonds is 2. The zero-order valence-corrected chi connectivity index (χ0v) is 14.9. The van der Waals surface area contributed by atoms with Crippen LogP contribution in [-0.4, -0.2) is 36.2 Å². The molecule has 4 rings (SSSR count). The van der Waals surface area contributed by atoms with Crippen molar-refractivity contribution in [2.75, 3.05) is 0 Å². The van der Waals surface area contributed by atoms with Gasteiger partial charge in [0.2, 0.25) is 0 Å². The van der Waals surface area contributed by atoms with Gasteiger partial charge in [-0.2, -0.15) is 0 Å². The number of fused-ring (bicyclic) bond motifs is 4. The first kappa shape index (κ1) is 16.8. The minimum absolute atomic E-state index is 0.194. The zero-order chi connectivity index (χ0) is 18.7. The van der Waals surface area contributed by atoms with Gasteiger partial charge in [0.1, 0.15) is 6.10 Å². The molecule has 0 N–H and O–H groups in total. The number of hydrogen-bond acceptors (Lipinski definition) is 6. The van der Waals surface area contributed by atoms with E-state index in [2.05, 4.69) is 6.58 Å². The standard InChI is InChI=1S/C20H20O6/c1-5-8(2)18(21)25-16-13-10(4)19(22)24-15(13)12-9(3)6-7-11(12)14-17(16)26-20(14)23/h5-6,12-13,15-17H,4,7H2,1-3H3/b8-5+/t12-,13-,15+,16-,17+/m0/s1. The maximum Gasteiger partial charge on any atom is 0.338 e. The SMILES string of the molecule is C=C1C(=O)O[C@@H]2[C@H]3C(C)=CCC3=C3C(=O)O[C@H]3[C@@H](OC(=O)/C(C)=C/C)[C@@H]12. The molecule has 0 radical (unpaired) electrons. The van der Waals surface area contributed by atoms with Gasteiger partial charge in [0.05, 0.1) is 11.5 Å². The first-order valence-corrected chi connectivity index (χ1v) is 8.69. The number of esters is 3. The van der Waals surface area contributed by atoms with Gasteiger partial charge in [0.25, 0.3) is 0 Å². The van der Waals surface area contributed by atoms with E-state index in [1.165, 1.54) is 0 Å². The smallest absolute Gasteiger partial charge is 0.338 e.